The van der Waals surface area contributed by atoms with Gasteiger partial charge >= 0.3 is 0 Å². The molecule has 1 aliphatic heterocycles. The molecular weight excluding hydrogens is 374 g/mol. The van der Waals surface area contributed by atoms with Crippen molar-refractivity contribution in [2.24, 2.45) is 4.99 Å². The summed E-state index contributed by atoms with van der Waals surface area (Å²) in [6.45, 7) is 14.7. The van der Waals surface area contributed by atoms with E-state index >= 15 is 0 Å². The molecule has 3 rings (SSSR count). The van der Waals surface area contributed by atoms with Gasteiger partial charge in [-0.15, -0.1) is 0 Å². The number of hydrogen-bond donors (Lipinski definition) is 0. The third-order valence-electron chi connectivity index (χ3n) is 5.58. The van der Waals surface area contributed by atoms with Gasteiger partial charge < -0.3 is 9.47 Å². The first-order valence-corrected chi connectivity index (χ1v) is 10.7. The molecule has 0 bridgehead atoms. The fraction of sp³-hybridized carbons (Fsp3) is 0.520. The Balaban J connectivity index is 2.14. The van der Waals surface area contributed by atoms with Crippen LogP contribution < -0.4 is 0 Å². The average Bonchev–Trinajstić information content (AvgIpc) is 3.09. The van der Waals surface area contributed by atoms with Crippen molar-refractivity contribution in [2.45, 2.75) is 78.4 Å². The maximum Gasteiger partial charge on any atom is 0.219 e. The summed E-state index contributed by atoms with van der Waals surface area (Å²) in [6, 6.07) is 8.51. The van der Waals surface area contributed by atoms with Crippen LogP contribution in [-0.4, -0.2) is 34.1 Å². The van der Waals surface area contributed by atoms with Crippen LogP contribution in [0.15, 0.2) is 41.3 Å². The van der Waals surface area contributed by atoms with Crippen LogP contribution >= 0.6 is 0 Å². The minimum Gasteiger partial charge on any atom is -0.481 e. The van der Waals surface area contributed by atoms with Crippen LogP contribution in [-0.2, 0) is 9.47 Å². The Morgan fingerprint density at radius 2 is 1.77 bits per heavy atom. The highest BCUT2D eigenvalue weighted by molar-refractivity contribution is 5.66. The topological polar surface area (TPSA) is 48.6 Å². The molecule has 5 nitrogen and oxygen atoms in total. The first-order valence-electron chi connectivity index (χ1n) is 10.7. The minimum absolute atomic E-state index is 0.185. The molecule has 0 saturated carbocycles. The third-order valence-corrected chi connectivity index (χ3v) is 5.58. The molecule has 162 valence electrons. The van der Waals surface area contributed by atoms with E-state index in [-0.39, 0.29) is 11.2 Å². The smallest absolute Gasteiger partial charge is 0.219 e. The van der Waals surface area contributed by atoms with Crippen LogP contribution in [0.3, 0.4) is 0 Å². The van der Waals surface area contributed by atoms with E-state index in [1.807, 2.05) is 13.8 Å². The summed E-state index contributed by atoms with van der Waals surface area (Å²) >= 11 is 0. The predicted octanol–water partition coefficient (Wildman–Crippen LogP) is 6.06. The van der Waals surface area contributed by atoms with Crippen molar-refractivity contribution >= 4 is 11.8 Å². The number of methoxy groups -OCH3 is 1. The number of aliphatic imine (C=N–C) groups is 1. The number of rotatable bonds is 5. The molecule has 1 fully saturated rings. The molecule has 30 heavy (non-hydrogen) atoms. The van der Waals surface area contributed by atoms with Gasteiger partial charge in [0.1, 0.15) is 5.82 Å². The summed E-state index contributed by atoms with van der Waals surface area (Å²) in [4.78, 5) is 9.51. The number of benzene rings is 1. The summed E-state index contributed by atoms with van der Waals surface area (Å²) < 4.78 is 14.0. The van der Waals surface area contributed by atoms with E-state index in [0.29, 0.717) is 11.8 Å². The van der Waals surface area contributed by atoms with Crippen LogP contribution in [0.25, 0.3) is 11.3 Å². The van der Waals surface area contributed by atoms with Gasteiger partial charge in [-0.25, -0.2) is 9.98 Å². The standard InChI is InChI=1S/C25H35N3O2/c1-9-26-23(29-8)18(3)22-27-21(16-28(22)20-12-10-17(2)11-13-20)19-14-24(4,5)30-25(6,7)15-19/h9-13,16,19H,14-15H2,1-8H3/b23-18-,26-9-. The van der Waals surface area contributed by atoms with E-state index in [0.717, 1.165) is 35.6 Å². The fourth-order valence-electron chi connectivity index (χ4n) is 4.58. The van der Waals surface area contributed by atoms with Gasteiger partial charge in [0.25, 0.3) is 0 Å². The van der Waals surface area contributed by atoms with Crippen LogP contribution in [0, 0.1) is 6.92 Å². The zero-order valence-electron chi connectivity index (χ0n) is 19.6. The van der Waals surface area contributed by atoms with Gasteiger partial charge in [0, 0.05) is 24.0 Å². The van der Waals surface area contributed by atoms with Crippen LogP contribution in [0.1, 0.15) is 77.4 Å². The van der Waals surface area contributed by atoms with Crippen molar-refractivity contribution in [2.75, 3.05) is 7.11 Å². The molecule has 0 unspecified atom stereocenters. The van der Waals surface area contributed by atoms with Crippen molar-refractivity contribution in [3.63, 3.8) is 0 Å². The van der Waals surface area contributed by atoms with Gasteiger partial charge in [-0.05, 0) is 73.4 Å². The SMILES string of the molecule is C/C=N\C(OC)=C(/C)c1nc(C2CC(C)(C)OC(C)(C)C2)cn1-c1ccc(C)cc1. The van der Waals surface area contributed by atoms with Crippen molar-refractivity contribution in [1.82, 2.24) is 9.55 Å². The molecule has 0 aliphatic carbocycles. The van der Waals surface area contributed by atoms with E-state index in [1.165, 1.54) is 5.56 Å². The first kappa shape index (κ1) is 22.3. The molecule has 2 aromatic rings. The molecule has 0 radical (unpaired) electrons. The lowest BCUT2D eigenvalue weighted by atomic mass is 9.79. The van der Waals surface area contributed by atoms with Crippen molar-refractivity contribution in [3.8, 4) is 5.69 Å². The fourth-order valence-corrected chi connectivity index (χ4v) is 4.58. The second-order valence-corrected chi connectivity index (χ2v) is 9.44. The first-order chi connectivity index (χ1) is 14.0. The van der Waals surface area contributed by atoms with E-state index in [1.54, 1.807) is 13.3 Å². The number of allylic oxidation sites excluding steroid dienone is 1. The van der Waals surface area contributed by atoms with Gasteiger partial charge in [0.2, 0.25) is 5.88 Å². The Bertz CT molecular complexity index is 933. The largest absolute Gasteiger partial charge is 0.481 e. The lowest BCUT2D eigenvalue weighted by molar-refractivity contribution is -0.162. The minimum atomic E-state index is -0.185. The summed E-state index contributed by atoms with van der Waals surface area (Å²) in [7, 11) is 1.65. The number of aryl methyl sites for hydroxylation is 1. The monoisotopic (exact) mass is 409 g/mol. The highest BCUT2D eigenvalue weighted by Gasteiger charge is 2.41. The molecule has 1 aromatic heterocycles. The lowest BCUT2D eigenvalue weighted by Gasteiger charge is -2.45. The molecule has 1 aliphatic rings. The average molecular weight is 410 g/mol. The highest BCUT2D eigenvalue weighted by Crippen LogP contribution is 2.43. The molecule has 0 spiro atoms. The molecule has 0 amide bonds. The molecular formula is C25H35N3O2. The summed E-state index contributed by atoms with van der Waals surface area (Å²) in [5, 5.41) is 0. The normalized spacial score (nSPS) is 19.7. The Labute approximate surface area is 180 Å². The zero-order valence-corrected chi connectivity index (χ0v) is 19.6. The Kier molecular flexibility index (Phi) is 6.23. The van der Waals surface area contributed by atoms with Crippen LogP contribution in [0.4, 0.5) is 0 Å². The quantitative estimate of drug-likeness (QED) is 0.446. The van der Waals surface area contributed by atoms with E-state index in [9.17, 15) is 0 Å². The lowest BCUT2D eigenvalue weighted by Crippen LogP contribution is -2.44. The second-order valence-electron chi connectivity index (χ2n) is 9.44. The molecule has 5 heteroatoms. The Hall–Kier alpha value is -2.40. The van der Waals surface area contributed by atoms with E-state index in [4.69, 9.17) is 14.5 Å². The number of aromatic nitrogens is 2. The summed E-state index contributed by atoms with van der Waals surface area (Å²) in [6.07, 6.45) is 5.79. The number of nitrogens with zero attached hydrogens (tertiary/aromatic N) is 3. The van der Waals surface area contributed by atoms with Crippen LogP contribution in [0.2, 0.25) is 0 Å². The Morgan fingerprint density at radius 3 is 2.30 bits per heavy atom. The van der Waals surface area contributed by atoms with Gasteiger partial charge in [-0.3, -0.25) is 4.57 Å². The van der Waals surface area contributed by atoms with Crippen molar-refractivity contribution in [1.29, 1.82) is 0 Å². The van der Waals surface area contributed by atoms with Crippen LogP contribution in [0.5, 0.6) is 0 Å². The van der Waals surface area contributed by atoms with E-state index in [2.05, 4.69) is 74.6 Å². The Morgan fingerprint density at radius 1 is 1.17 bits per heavy atom. The van der Waals surface area contributed by atoms with E-state index < -0.39 is 0 Å². The highest BCUT2D eigenvalue weighted by atomic mass is 16.5. The number of ether oxygens (including phenoxy) is 2. The molecule has 0 atom stereocenters. The van der Waals surface area contributed by atoms with Gasteiger partial charge in [0.05, 0.1) is 29.6 Å². The molecule has 1 saturated heterocycles. The van der Waals surface area contributed by atoms with Gasteiger partial charge in [0.15, 0.2) is 0 Å². The molecule has 2 heterocycles. The number of hydrogen-bond acceptors (Lipinski definition) is 4. The molecule has 0 N–H and O–H groups in total. The second kappa shape index (κ2) is 8.38. The maximum absolute atomic E-state index is 6.30. The summed E-state index contributed by atoms with van der Waals surface area (Å²) in [5.74, 6) is 1.76. The van der Waals surface area contributed by atoms with Gasteiger partial charge in [-0.2, -0.15) is 0 Å². The van der Waals surface area contributed by atoms with Crippen molar-refractivity contribution < 1.29 is 9.47 Å². The maximum atomic E-state index is 6.30. The van der Waals surface area contributed by atoms with Gasteiger partial charge in [-0.1, -0.05) is 17.7 Å². The molecule has 1 aromatic carbocycles. The zero-order chi connectivity index (χ0) is 22.1. The predicted molar refractivity (Wildman–Crippen MR) is 123 cm³/mol. The third kappa shape index (κ3) is 4.84. The summed E-state index contributed by atoms with van der Waals surface area (Å²) in [5.41, 5.74) is 3.94. The van der Waals surface area contributed by atoms with Crippen molar-refractivity contribution in [3.05, 3.63) is 53.4 Å². The number of imidazole rings is 1.